The molecule has 0 saturated heterocycles. The van der Waals surface area contributed by atoms with Crippen molar-refractivity contribution in [3.8, 4) is 0 Å². The first-order valence-corrected chi connectivity index (χ1v) is 10.7. The zero-order valence-corrected chi connectivity index (χ0v) is 17.7. The quantitative estimate of drug-likeness (QED) is 0.662. The van der Waals surface area contributed by atoms with Gasteiger partial charge in [-0.15, -0.1) is 0 Å². The first kappa shape index (κ1) is 20.7. The molecule has 6 heteroatoms. The summed E-state index contributed by atoms with van der Waals surface area (Å²) in [6.45, 7) is 12.3. The third kappa shape index (κ3) is 4.57. The molecule has 4 nitrogen and oxygen atoms in total. The summed E-state index contributed by atoms with van der Waals surface area (Å²) in [5, 5.41) is 0.458. The highest BCUT2D eigenvalue weighted by Gasteiger charge is 2.27. The number of pyridine rings is 1. The molecule has 2 rings (SSSR count). The van der Waals surface area contributed by atoms with Crippen LogP contribution in [0.2, 0.25) is 5.02 Å². The number of hydrogen-bond donors (Lipinski definition) is 1. The molecule has 0 bridgehead atoms. The minimum absolute atomic E-state index is 0.0796. The van der Waals surface area contributed by atoms with Crippen LogP contribution >= 0.6 is 11.6 Å². The minimum atomic E-state index is -3.78. The predicted molar refractivity (Wildman–Crippen MR) is 109 cm³/mol. The van der Waals surface area contributed by atoms with Crippen LogP contribution in [0.15, 0.2) is 35.4 Å². The van der Waals surface area contributed by atoms with Crippen LogP contribution in [0.25, 0.3) is 0 Å². The molecule has 0 atom stereocenters. The van der Waals surface area contributed by atoms with Gasteiger partial charge in [-0.25, -0.2) is 13.4 Å². The molecule has 0 spiro atoms. The maximum atomic E-state index is 13.2. The Balaban J connectivity index is 2.66. The van der Waals surface area contributed by atoms with Gasteiger partial charge in [0.15, 0.2) is 0 Å². The summed E-state index contributed by atoms with van der Waals surface area (Å²) in [4.78, 5) is 4.43. The van der Waals surface area contributed by atoms with E-state index in [0.717, 1.165) is 16.7 Å². The Morgan fingerprint density at radius 3 is 1.85 bits per heavy atom. The highest BCUT2D eigenvalue weighted by molar-refractivity contribution is 7.92. The Morgan fingerprint density at radius 2 is 1.46 bits per heavy atom. The fraction of sp³-hybridized carbons (Fsp3) is 0.450. The number of rotatable bonds is 6. The van der Waals surface area contributed by atoms with Crippen molar-refractivity contribution < 1.29 is 8.42 Å². The van der Waals surface area contributed by atoms with E-state index in [-0.39, 0.29) is 17.7 Å². The Morgan fingerprint density at radius 1 is 0.923 bits per heavy atom. The Kier molecular flexibility index (Phi) is 6.35. The van der Waals surface area contributed by atoms with Crippen LogP contribution in [0.4, 0.5) is 5.82 Å². The average Bonchev–Trinajstić information content (AvgIpc) is 2.55. The smallest absolute Gasteiger partial charge is 0.263 e. The van der Waals surface area contributed by atoms with Crippen molar-refractivity contribution in [1.29, 1.82) is 0 Å². The highest BCUT2D eigenvalue weighted by atomic mass is 35.5. The normalized spacial score (nSPS) is 12.2. The number of nitrogens with one attached hydrogen (secondary N) is 1. The van der Waals surface area contributed by atoms with Crippen LogP contribution in [0.5, 0.6) is 0 Å². The van der Waals surface area contributed by atoms with Gasteiger partial charge in [0, 0.05) is 6.20 Å². The van der Waals surface area contributed by atoms with Gasteiger partial charge >= 0.3 is 0 Å². The lowest BCUT2D eigenvalue weighted by Gasteiger charge is -2.23. The van der Waals surface area contributed by atoms with Gasteiger partial charge in [0.2, 0.25) is 0 Å². The fourth-order valence-corrected chi connectivity index (χ4v) is 4.64. The molecular weight excluding hydrogens is 368 g/mol. The van der Waals surface area contributed by atoms with E-state index >= 15 is 0 Å². The third-order valence-corrected chi connectivity index (χ3v) is 6.02. The summed E-state index contributed by atoms with van der Waals surface area (Å²) in [7, 11) is -3.78. The molecule has 0 aliphatic rings. The summed E-state index contributed by atoms with van der Waals surface area (Å²) in [6, 6.07) is 7.21. The highest BCUT2D eigenvalue weighted by Crippen LogP contribution is 2.35. The first-order valence-electron chi connectivity index (χ1n) is 8.85. The van der Waals surface area contributed by atoms with Crippen molar-refractivity contribution >= 4 is 27.4 Å². The van der Waals surface area contributed by atoms with Crippen LogP contribution in [0.3, 0.4) is 0 Å². The largest absolute Gasteiger partial charge is 0.263 e. The van der Waals surface area contributed by atoms with E-state index in [1.54, 1.807) is 12.1 Å². The molecule has 0 amide bonds. The van der Waals surface area contributed by atoms with Gasteiger partial charge in [-0.3, -0.25) is 4.72 Å². The summed E-state index contributed by atoms with van der Waals surface area (Å²) in [5.41, 5.74) is 2.82. The van der Waals surface area contributed by atoms with Crippen molar-refractivity contribution in [2.45, 2.75) is 64.2 Å². The zero-order valence-electron chi connectivity index (χ0n) is 16.2. The third-order valence-electron chi connectivity index (χ3n) is 4.31. The molecule has 26 heavy (non-hydrogen) atoms. The standard InChI is InChI=1S/C20H27ClN2O2S/c1-12(2)15-9-17(13(3)4)20(18(10-15)14(5)6)26(24,25)23-19-8-7-16(21)11-22-19/h7-14H,1-6H3,(H,22,23). The second kappa shape index (κ2) is 7.97. The zero-order chi connectivity index (χ0) is 19.6. The number of sulfonamides is 1. The molecule has 0 aliphatic carbocycles. The maximum absolute atomic E-state index is 13.2. The number of nitrogens with zero attached hydrogens (tertiary/aromatic N) is 1. The first-order chi connectivity index (χ1) is 12.0. The van der Waals surface area contributed by atoms with E-state index in [4.69, 9.17) is 11.6 Å². The number of anilines is 1. The van der Waals surface area contributed by atoms with Crippen LogP contribution in [-0.2, 0) is 10.0 Å². The monoisotopic (exact) mass is 394 g/mol. The van der Waals surface area contributed by atoms with Gasteiger partial charge in [-0.05, 0) is 46.6 Å². The number of halogens is 1. The summed E-state index contributed by atoms with van der Waals surface area (Å²) in [6.07, 6.45) is 1.42. The lowest BCUT2D eigenvalue weighted by molar-refractivity contribution is 0.595. The van der Waals surface area contributed by atoms with E-state index in [9.17, 15) is 8.42 Å². The molecule has 1 aromatic heterocycles. The lowest BCUT2D eigenvalue weighted by atomic mass is 9.89. The molecule has 1 N–H and O–H groups in total. The molecule has 1 aromatic carbocycles. The minimum Gasteiger partial charge on any atom is -0.263 e. The molecule has 2 aromatic rings. The number of aromatic nitrogens is 1. The Labute approximate surface area is 162 Å². The molecule has 142 valence electrons. The van der Waals surface area contributed by atoms with Gasteiger partial charge in [-0.2, -0.15) is 0 Å². The fourth-order valence-electron chi connectivity index (χ4n) is 2.82. The number of hydrogen-bond acceptors (Lipinski definition) is 3. The van der Waals surface area contributed by atoms with Crippen LogP contribution in [0.1, 0.15) is 76.0 Å². The summed E-state index contributed by atoms with van der Waals surface area (Å²) >= 11 is 5.84. The van der Waals surface area contributed by atoms with E-state index in [0.29, 0.717) is 15.8 Å². The second-order valence-corrected chi connectivity index (χ2v) is 9.52. The average molecular weight is 395 g/mol. The Bertz CT molecular complexity index is 844. The maximum Gasteiger partial charge on any atom is 0.263 e. The SMILES string of the molecule is CC(C)c1cc(C(C)C)c(S(=O)(=O)Nc2ccc(Cl)cn2)c(C(C)C)c1. The van der Waals surface area contributed by atoms with Crippen molar-refractivity contribution in [3.05, 3.63) is 52.2 Å². The molecule has 0 fully saturated rings. The van der Waals surface area contributed by atoms with E-state index in [1.165, 1.54) is 6.20 Å². The van der Waals surface area contributed by atoms with Crippen molar-refractivity contribution in [2.75, 3.05) is 4.72 Å². The van der Waals surface area contributed by atoms with E-state index < -0.39 is 10.0 Å². The molecule has 0 saturated carbocycles. The lowest BCUT2D eigenvalue weighted by Crippen LogP contribution is -2.19. The van der Waals surface area contributed by atoms with Crippen molar-refractivity contribution in [1.82, 2.24) is 4.98 Å². The van der Waals surface area contributed by atoms with Gasteiger partial charge in [0.1, 0.15) is 5.82 Å². The van der Waals surface area contributed by atoms with Gasteiger partial charge < -0.3 is 0 Å². The van der Waals surface area contributed by atoms with Gasteiger partial charge in [-0.1, -0.05) is 65.3 Å². The predicted octanol–water partition coefficient (Wildman–Crippen LogP) is 5.91. The second-order valence-electron chi connectivity index (χ2n) is 7.46. The molecule has 1 heterocycles. The molecule has 0 aliphatic heterocycles. The van der Waals surface area contributed by atoms with Crippen LogP contribution in [-0.4, -0.2) is 13.4 Å². The Hall–Kier alpha value is -1.59. The van der Waals surface area contributed by atoms with E-state index in [1.807, 2.05) is 39.8 Å². The summed E-state index contributed by atoms with van der Waals surface area (Å²) < 4.78 is 29.1. The molecular formula is C20H27ClN2O2S. The van der Waals surface area contributed by atoms with Gasteiger partial charge in [0.05, 0.1) is 9.92 Å². The van der Waals surface area contributed by atoms with E-state index in [2.05, 4.69) is 23.6 Å². The number of benzene rings is 1. The molecule has 0 radical (unpaired) electrons. The van der Waals surface area contributed by atoms with Crippen molar-refractivity contribution in [2.24, 2.45) is 0 Å². The van der Waals surface area contributed by atoms with Gasteiger partial charge in [0.25, 0.3) is 10.0 Å². The topological polar surface area (TPSA) is 59.1 Å². The molecule has 0 unspecified atom stereocenters. The van der Waals surface area contributed by atoms with Crippen molar-refractivity contribution in [3.63, 3.8) is 0 Å². The summed E-state index contributed by atoms with van der Waals surface area (Å²) in [5.74, 6) is 0.742. The van der Waals surface area contributed by atoms with Crippen LogP contribution < -0.4 is 4.72 Å². The van der Waals surface area contributed by atoms with Crippen LogP contribution in [0, 0.1) is 0 Å².